The first kappa shape index (κ1) is 11.4. The topological polar surface area (TPSA) is 23.5 Å². The van der Waals surface area contributed by atoms with Crippen molar-refractivity contribution in [1.29, 1.82) is 0 Å². The molecule has 1 N–H and O–H groups in total. The summed E-state index contributed by atoms with van der Waals surface area (Å²) in [6.07, 6.45) is 0.713. The Hall–Kier alpha value is -1.07. The van der Waals surface area contributed by atoms with E-state index in [4.69, 9.17) is 5.11 Å². The first-order chi connectivity index (χ1) is 7.61. The number of halogens is 3. The highest BCUT2D eigenvalue weighted by atomic mass is 19.2. The van der Waals surface area contributed by atoms with Crippen LogP contribution >= 0.6 is 0 Å². The van der Waals surface area contributed by atoms with Crippen LogP contribution < -0.4 is 0 Å². The molecule has 16 heavy (non-hydrogen) atoms. The Labute approximate surface area is 91.3 Å². The molecule has 1 aliphatic heterocycles. The van der Waals surface area contributed by atoms with E-state index in [-0.39, 0.29) is 12.6 Å². The van der Waals surface area contributed by atoms with Crippen LogP contribution in [0.3, 0.4) is 0 Å². The summed E-state index contributed by atoms with van der Waals surface area (Å²) in [5.74, 6) is -3.78. The normalized spacial score (nSPS) is 21.6. The number of nitrogens with zero attached hydrogens (tertiary/aromatic N) is 1. The van der Waals surface area contributed by atoms with Crippen molar-refractivity contribution in [1.82, 2.24) is 4.90 Å². The van der Waals surface area contributed by atoms with Crippen LogP contribution in [-0.4, -0.2) is 29.8 Å². The maximum atomic E-state index is 13.0. The van der Waals surface area contributed by atoms with Crippen LogP contribution in [0.4, 0.5) is 13.2 Å². The summed E-state index contributed by atoms with van der Waals surface area (Å²) in [5, 5.41) is 8.90. The van der Waals surface area contributed by atoms with E-state index in [9.17, 15) is 13.2 Å². The van der Waals surface area contributed by atoms with Crippen LogP contribution in [0.2, 0.25) is 0 Å². The van der Waals surface area contributed by atoms with Gasteiger partial charge in [-0.3, -0.25) is 4.90 Å². The van der Waals surface area contributed by atoms with Gasteiger partial charge in [0, 0.05) is 13.1 Å². The van der Waals surface area contributed by atoms with Crippen LogP contribution in [-0.2, 0) is 0 Å². The minimum atomic E-state index is -1.43. The molecule has 1 aliphatic rings. The monoisotopic (exact) mass is 231 g/mol. The number of likely N-dealkylation sites (tertiary alicyclic amines) is 1. The first-order valence-corrected chi connectivity index (χ1v) is 5.09. The van der Waals surface area contributed by atoms with E-state index in [1.807, 2.05) is 0 Å². The molecule has 0 bridgehead atoms. The van der Waals surface area contributed by atoms with Gasteiger partial charge in [-0.05, 0) is 30.0 Å². The van der Waals surface area contributed by atoms with Gasteiger partial charge >= 0.3 is 0 Å². The third-order valence-electron chi connectivity index (χ3n) is 2.95. The summed E-state index contributed by atoms with van der Waals surface area (Å²) in [5.41, 5.74) is 0.451. The zero-order valence-electron chi connectivity index (χ0n) is 8.59. The lowest BCUT2D eigenvalue weighted by Crippen LogP contribution is -2.21. The van der Waals surface area contributed by atoms with Gasteiger partial charge in [0.05, 0.1) is 6.73 Å². The van der Waals surface area contributed by atoms with Gasteiger partial charge in [-0.1, -0.05) is 0 Å². The standard InChI is InChI=1S/C11H12F3NO/c12-9-3-8(4-10(13)11(9)14)7-1-2-15(5-7)6-16/h3-4,7,16H,1-2,5-6H2. The highest BCUT2D eigenvalue weighted by Crippen LogP contribution is 2.28. The average Bonchev–Trinajstić information content (AvgIpc) is 2.73. The molecule has 0 saturated carbocycles. The fraction of sp³-hybridized carbons (Fsp3) is 0.455. The Balaban J connectivity index is 2.22. The number of hydrogen-bond donors (Lipinski definition) is 1. The molecule has 1 aromatic carbocycles. The largest absolute Gasteiger partial charge is 0.381 e. The van der Waals surface area contributed by atoms with Crippen LogP contribution in [0.25, 0.3) is 0 Å². The summed E-state index contributed by atoms with van der Waals surface area (Å²) in [6.45, 7) is 1.16. The van der Waals surface area contributed by atoms with Gasteiger partial charge in [-0.2, -0.15) is 0 Å². The zero-order valence-corrected chi connectivity index (χ0v) is 8.59. The van der Waals surface area contributed by atoms with Crippen LogP contribution in [0.15, 0.2) is 12.1 Å². The SMILES string of the molecule is OCN1CCC(c2cc(F)c(F)c(F)c2)C1. The summed E-state index contributed by atoms with van der Waals surface area (Å²) < 4.78 is 38.7. The van der Waals surface area contributed by atoms with Crippen molar-refractivity contribution in [2.75, 3.05) is 19.8 Å². The molecule has 2 nitrogen and oxygen atoms in total. The number of aliphatic hydroxyl groups excluding tert-OH is 1. The summed E-state index contributed by atoms with van der Waals surface area (Å²) >= 11 is 0. The number of rotatable bonds is 2. The molecule has 0 spiro atoms. The van der Waals surface area contributed by atoms with Crippen LogP contribution in [0.5, 0.6) is 0 Å². The lowest BCUT2D eigenvalue weighted by molar-refractivity contribution is 0.130. The van der Waals surface area contributed by atoms with Crippen molar-refractivity contribution in [2.45, 2.75) is 12.3 Å². The minimum absolute atomic E-state index is 0.0447. The molecular weight excluding hydrogens is 219 g/mol. The second-order valence-electron chi connectivity index (χ2n) is 4.00. The van der Waals surface area contributed by atoms with E-state index in [1.165, 1.54) is 0 Å². The molecule has 1 aromatic rings. The fourth-order valence-electron chi connectivity index (χ4n) is 2.04. The predicted molar refractivity (Wildman–Crippen MR) is 52.3 cm³/mol. The number of hydrogen-bond acceptors (Lipinski definition) is 2. The first-order valence-electron chi connectivity index (χ1n) is 5.09. The summed E-state index contributed by atoms with van der Waals surface area (Å²) in [6, 6.07) is 2.06. The molecule has 1 fully saturated rings. The highest BCUT2D eigenvalue weighted by Gasteiger charge is 2.25. The predicted octanol–water partition coefficient (Wildman–Crippen LogP) is 1.84. The Kier molecular flexibility index (Phi) is 3.16. The van der Waals surface area contributed by atoms with Gasteiger partial charge in [-0.15, -0.1) is 0 Å². The van der Waals surface area contributed by atoms with Crippen LogP contribution in [0, 0.1) is 17.5 Å². The van der Waals surface area contributed by atoms with Crippen molar-refractivity contribution >= 4 is 0 Å². The maximum absolute atomic E-state index is 13.0. The third-order valence-corrected chi connectivity index (χ3v) is 2.95. The van der Waals surface area contributed by atoms with Crippen molar-refractivity contribution in [3.63, 3.8) is 0 Å². The second kappa shape index (κ2) is 4.43. The van der Waals surface area contributed by atoms with Gasteiger partial charge in [0.1, 0.15) is 0 Å². The van der Waals surface area contributed by atoms with Gasteiger partial charge in [0.2, 0.25) is 0 Å². The number of benzene rings is 1. The minimum Gasteiger partial charge on any atom is -0.381 e. The molecule has 0 radical (unpaired) electrons. The molecule has 0 aliphatic carbocycles. The summed E-state index contributed by atoms with van der Waals surface area (Å²) in [4.78, 5) is 1.77. The Morgan fingerprint density at radius 1 is 1.25 bits per heavy atom. The highest BCUT2D eigenvalue weighted by molar-refractivity contribution is 5.24. The van der Waals surface area contributed by atoms with E-state index >= 15 is 0 Å². The molecule has 2 rings (SSSR count). The van der Waals surface area contributed by atoms with Gasteiger partial charge < -0.3 is 5.11 Å². The van der Waals surface area contributed by atoms with Crippen molar-refractivity contribution in [3.8, 4) is 0 Å². The second-order valence-corrected chi connectivity index (χ2v) is 4.00. The molecule has 88 valence electrons. The van der Waals surface area contributed by atoms with Gasteiger partial charge in [0.25, 0.3) is 0 Å². The number of aliphatic hydroxyl groups is 1. The van der Waals surface area contributed by atoms with Gasteiger partial charge in [0.15, 0.2) is 17.5 Å². The smallest absolute Gasteiger partial charge is 0.194 e. The Bertz CT molecular complexity index is 374. The Morgan fingerprint density at radius 3 is 2.38 bits per heavy atom. The fourth-order valence-corrected chi connectivity index (χ4v) is 2.04. The van der Waals surface area contributed by atoms with Crippen molar-refractivity contribution in [2.24, 2.45) is 0 Å². The van der Waals surface area contributed by atoms with E-state index < -0.39 is 17.5 Å². The van der Waals surface area contributed by atoms with E-state index in [0.717, 1.165) is 12.1 Å². The molecule has 5 heteroatoms. The molecular formula is C11H12F3NO. The van der Waals surface area contributed by atoms with Crippen LogP contribution in [0.1, 0.15) is 17.9 Å². The summed E-state index contributed by atoms with van der Waals surface area (Å²) in [7, 11) is 0. The van der Waals surface area contributed by atoms with Gasteiger partial charge in [-0.25, -0.2) is 13.2 Å². The van der Waals surface area contributed by atoms with E-state index in [1.54, 1.807) is 4.90 Å². The van der Waals surface area contributed by atoms with Crippen molar-refractivity contribution in [3.05, 3.63) is 35.1 Å². The maximum Gasteiger partial charge on any atom is 0.194 e. The Morgan fingerprint density at radius 2 is 1.88 bits per heavy atom. The molecule has 1 saturated heterocycles. The zero-order chi connectivity index (χ0) is 11.7. The molecule has 1 atom stereocenters. The lowest BCUT2D eigenvalue weighted by Gasteiger charge is -2.13. The lowest BCUT2D eigenvalue weighted by atomic mass is 9.98. The van der Waals surface area contributed by atoms with Crippen molar-refractivity contribution < 1.29 is 18.3 Å². The quantitative estimate of drug-likeness (QED) is 0.785. The average molecular weight is 231 g/mol. The third kappa shape index (κ3) is 2.05. The van der Waals surface area contributed by atoms with E-state index in [0.29, 0.717) is 25.1 Å². The molecule has 0 amide bonds. The molecule has 0 aromatic heterocycles. The molecule has 1 heterocycles. The molecule has 1 unspecified atom stereocenters. The van der Waals surface area contributed by atoms with E-state index in [2.05, 4.69) is 0 Å².